The third-order valence-electron chi connectivity index (χ3n) is 3.20. The van der Waals surface area contributed by atoms with E-state index in [1.807, 2.05) is 0 Å². The lowest BCUT2D eigenvalue weighted by Gasteiger charge is -2.33. The van der Waals surface area contributed by atoms with Crippen LogP contribution in [0.3, 0.4) is 0 Å². The SMILES string of the molecule is CCOC(=O)C1c2sc(SCC)cc2CCN1C(C)=O. The molecule has 6 heteroatoms. The zero-order valence-corrected chi connectivity index (χ0v) is 13.6. The van der Waals surface area contributed by atoms with E-state index in [9.17, 15) is 9.59 Å². The van der Waals surface area contributed by atoms with Crippen molar-refractivity contribution in [2.45, 2.75) is 37.4 Å². The average molecular weight is 313 g/mol. The van der Waals surface area contributed by atoms with Gasteiger partial charge in [-0.05, 0) is 30.7 Å². The summed E-state index contributed by atoms with van der Waals surface area (Å²) in [5, 5.41) is 0. The van der Waals surface area contributed by atoms with Crippen LogP contribution in [0.15, 0.2) is 10.3 Å². The molecule has 1 aliphatic heterocycles. The predicted molar refractivity (Wildman–Crippen MR) is 81.2 cm³/mol. The first-order chi connectivity index (χ1) is 9.58. The molecule has 4 nitrogen and oxygen atoms in total. The van der Waals surface area contributed by atoms with E-state index in [-0.39, 0.29) is 11.9 Å². The first-order valence-electron chi connectivity index (χ1n) is 6.77. The first-order valence-corrected chi connectivity index (χ1v) is 8.57. The molecule has 0 aromatic carbocycles. The lowest BCUT2D eigenvalue weighted by atomic mass is 10.0. The monoisotopic (exact) mass is 313 g/mol. The molecule has 1 aromatic rings. The maximum atomic E-state index is 12.2. The quantitative estimate of drug-likeness (QED) is 0.633. The Labute approximate surface area is 127 Å². The van der Waals surface area contributed by atoms with Gasteiger partial charge in [0.25, 0.3) is 0 Å². The van der Waals surface area contributed by atoms with Gasteiger partial charge in [0.2, 0.25) is 5.91 Å². The van der Waals surface area contributed by atoms with Gasteiger partial charge >= 0.3 is 5.97 Å². The van der Waals surface area contributed by atoms with Gasteiger partial charge in [0.1, 0.15) is 0 Å². The number of thioether (sulfide) groups is 1. The lowest BCUT2D eigenvalue weighted by Crippen LogP contribution is -2.42. The number of hydrogen-bond donors (Lipinski definition) is 0. The number of ether oxygens (including phenoxy) is 1. The number of carbonyl (C=O) groups is 2. The van der Waals surface area contributed by atoms with Gasteiger partial charge in [-0.2, -0.15) is 0 Å². The topological polar surface area (TPSA) is 46.6 Å². The van der Waals surface area contributed by atoms with Crippen molar-refractivity contribution in [3.8, 4) is 0 Å². The molecule has 110 valence electrons. The van der Waals surface area contributed by atoms with Crippen molar-refractivity contribution in [1.82, 2.24) is 4.90 Å². The molecule has 0 fully saturated rings. The van der Waals surface area contributed by atoms with Gasteiger partial charge in [0.05, 0.1) is 10.8 Å². The second-order valence-corrected chi connectivity index (χ2v) is 7.15. The third-order valence-corrected chi connectivity index (χ3v) is 5.52. The number of hydrogen-bond acceptors (Lipinski definition) is 5. The number of fused-ring (bicyclic) bond motifs is 1. The summed E-state index contributed by atoms with van der Waals surface area (Å²) >= 11 is 3.38. The van der Waals surface area contributed by atoms with Crippen molar-refractivity contribution in [2.24, 2.45) is 0 Å². The van der Waals surface area contributed by atoms with Crippen LogP contribution in [-0.4, -0.2) is 35.7 Å². The van der Waals surface area contributed by atoms with E-state index in [1.165, 1.54) is 16.7 Å². The second-order valence-electron chi connectivity index (χ2n) is 4.50. The van der Waals surface area contributed by atoms with Crippen molar-refractivity contribution in [3.63, 3.8) is 0 Å². The van der Waals surface area contributed by atoms with Crippen LogP contribution in [0.4, 0.5) is 0 Å². The number of amides is 1. The molecule has 1 aromatic heterocycles. The van der Waals surface area contributed by atoms with Crippen LogP contribution in [-0.2, 0) is 20.7 Å². The minimum atomic E-state index is -0.563. The number of carbonyl (C=O) groups excluding carboxylic acids is 2. The van der Waals surface area contributed by atoms with E-state index in [0.717, 1.165) is 17.1 Å². The zero-order chi connectivity index (χ0) is 14.7. The Balaban J connectivity index is 2.36. The molecule has 0 saturated carbocycles. The Morgan fingerprint density at radius 2 is 2.25 bits per heavy atom. The molecule has 1 amide bonds. The Morgan fingerprint density at radius 1 is 1.50 bits per heavy atom. The van der Waals surface area contributed by atoms with Crippen LogP contribution < -0.4 is 0 Å². The standard InChI is InChI=1S/C14H19NO3S2/c1-4-18-14(17)12-13-10(6-7-15(12)9(3)16)8-11(20-13)19-5-2/h8,12H,4-7H2,1-3H3. The molecule has 20 heavy (non-hydrogen) atoms. The molecule has 0 spiro atoms. The van der Waals surface area contributed by atoms with Crippen LogP contribution in [0.2, 0.25) is 0 Å². The van der Waals surface area contributed by atoms with Crippen LogP contribution in [0.1, 0.15) is 37.3 Å². The van der Waals surface area contributed by atoms with E-state index in [2.05, 4.69) is 13.0 Å². The fourth-order valence-electron chi connectivity index (χ4n) is 2.36. The maximum absolute atomic E-state index is 12.2. The summed E-state index contributed by atoms with van der Waals surface area (Å²) in [5.41, 5.74) is 1.18. The number of rotatable bonds is 4. The first kappa shape index (κ1) is 15.4. The zero-order valence-electron chi connectivity index (χ0n) is 12.0. The van der Waals surface area contributed by atoms with Crippen molar-refractivity contribution in [3.05, 3.63) is 16.5 Å². The highest BCUT2D eigenvalue weighted by molar-refractivity contribution is 8.01. The second kappa shape index (κ2) is 6.63. The molecule has 1 unspecified atom stereocenters. The highest BCUT2D eigenvalue weighted by Gasteiger charge is 2.37. The highest BCUT2D eigenvalue weighted by Crippen LogP contribution is 2.40. The summed E-state index contributed by atoms with van der Waals surface area (Å²) < 4.78 is 6.36. The molecular formula is C14H19NO3S2. The molecule has 0 saturated heterocycles. The average Bonchev–Trinajstić information content (AvgIpc) is 2.80. The minimum Gasteiger partial charge on any atom is -0.464 e. The van der Waals surface area contributed by atoms with Crippen molar-refractivity contribution >= 4 is 35.0 Å². The summed E-state index contributed by atoms with van der Waals surface area (Å²) in [6.45, 7) is 6.31. The van der Waals surface area contributed by atoms with Gasteiger partial charge in [0.15, 0.2) is 6.04 Å². The van der Waals surface area contributed by atoms with Crippen LogP contribution in [0.25, 0.3) is 0 Å². The predicted octanol–water partition coefficient (Wildman–Crippen LogP) is 2.87. The fraction of sp³-hybridized carbons (Fsp3) is 0.571. The van der Waals surface area contributed by atoms with Crippen molar-refractivity contribution in [2.75, 3.05) is 18.9 Å². The Kier molecular flexibility index (Phi) is 5.10. The molecule has 0 bridgehead atoms. The molecule has 1 aliphatic rings. The molecule has 2 rings (SSSR count). The Hall–Kier alpha value is -1.01. The number of nitrogens with zero attached hydrogens (tertiary/aromatic N) is 1. The molecule has 0 aliphatic carbocycles. The van der Waals surface area contributed by atoms with E-state index >= 15 is 0 Å². The number of thiophene rings is 1. The third kappa shape index (κ3) is 3.01. The summed E-state index contributed by atoms with van der Waals surface area (Å²) in [6, 6.07) is 1.59. The summed E-state index contributed by atoms with van der Waals surface area (Å²) in [7, 11) is 0. The van der Waals surface area contributed by atoms with Gasteiger partial charge in [0, 0.05) is 18.3 Å². The van der Waals surface area contributed by atoms with Crippen molar-refractivity contribution < 1.29 is 14.3 Å². The van der Waals surface area contributed by atoms with Gasteiger partial charge < -0.3 is 9.64 Å². The summed E-state index contributed by atoms with van der Waals surface area (Å²) in [4.78, 5) is 26.6. The Morgan fingerprint density at radius 3 is 2.85 bits per heavy atom. The minimum absolute atomic E-state index is 0.0770. The largest absolute Gasteiger partial charge is 0.464 e. The van der Waals surface area contributed by atoms with E-state index in [0.29, 0.717) is 13.2 Å². The normalized spacial score (nSPS) is 17.8. The fourth-order valence-corrected chi connectivity index (χ4v) is 4.78. The molecule has 1 atom stereocenters. The highest BCUT2D eigenvalue weighted by atomic mass is 32.2. The molecule has 2 heterocycles. The number of esters is 1. The summed E-state index contributed by atoms with van der Waals surface area (Å²) in [5.74, 6) is 0.602. The van der Waals surface area contributed by atoms with Gasteiger partial charge in [-0.1, -0.05) is 6.92 Å². The molecule has 0 radical (unpaired) electrons. The molecular weight excluding hydrogens is 294 g/mol. The maximum Gasteiger partial charge on any atom is 0.334 e. The Bertz CT molecular complexity index is 513. The molecule has 0 N–H and O–H groups in total. The smallest absolute Gasteiger partial charge is 0.334 e. The lowest BCUT2D eigenvalue weighted by molar-refractivity contribution is -0.155. The van der Waals surface area contributed by atoms with Gasteiger partial charge in [-0.15, -0.1) is 23.1 Å². The van der Waals surface area contributed by atoms with Crippen LogP contribution >= 0.6 is 23.1 Å². The van der Waals surface area contributed by atoms with Crippen LogP contribution in [0.5, 0.6) is 0 Å². The van der Waals surface area contributed by atoms with Crippen LogP contribution in [0, 0.1) is 0 Å². The van der Waals surface area contributed by atoms with E-state index in [4.69, 9.17) is 4.74 Å². The summed E-state index contributed by atoms with van der Waals surface area (Å²) in [6.07, 6.45) is 0.811. The van der Waals surface area contributed by atoms with Gasteiger partial charge in [-0.3, -0.25) is 4.79 Å². The van der Waals surface area contributed by atoms with E-state index in [1.54, 1.807) is 34.9 Å². The van der Waals surface area contributed by atoms with Crippen molar-refractivity contribution in [1.29, 1.82) is 0 Å². The van der Waals surface area contributed by atoms with E-state index < -0.39 is 6.04 Å². The van der Waals surface area contributed by atoms with Gasteiger partial charge in [-0.25, -0.2) is 4.79 Å².